The van der Waals surface area contributed by atoms with Crippen molar-refractivity contribution in [3.8, 4) is 0 Å². The Balaban J connectivity index is 0.00000220. The fourth-order valence-electron chi connectivity index (χ4n) is 1.85. The molecular formula is C15H18BrClN2OS. The summed E-state index contributed by atoms with van der Waals surface area (Å²) in [6.07, 6.45) is 1.26. The molecule has 0 saturated heterocycles. The van der Waals surface area contributed by atoms with Crippen molar-refractivity contribution >= 4 is 45.6 Å². The molecule has 114 valence electrons. The smallest absolute Gasteiger partial charge is 0.220 e. The highest BCUT2D eigenvalue weighted by Gasteiger charge is 2.08. The van der Waals surface area contributed by atoms with Crippen LogP contribution in [0.3, 0.4) is 0 Å². The molecule has 3 N–H and O–H groups in total. The van der Waals surface area contributed by atoms with Crippen molar-refractivity contribution < 1.29 is 4.79 Å². The molecule has 1 atom stereocenters. The summed E-state index contributed by atoms with van der Waals surface area (Å²) in [6, 6.07) is 11.7. The average molecular weight is 390 g/mol. The van der Waals surface area contributed by atoms with E-state index in [1.54, 1.807) is 11.3 Å². The summed E-state index contributed by atoms with van der Waals surface area (Å²) in [5.41, 5.74) is 7.07. The van der Waals surface area contributed by atoms with Crippen LogP contribution in [0.15, 0.2) is 46.3 Å². The molecule has 0 spiro atoms. The van der Waals surface area contributed by atoms with Crippen LogP contribution in [-0.2, 0) is 11.2 Å². The topological polar surface area (TPSA) is 55.1 Å². The van der Waals surface area contributed by atoms with E-state index in [-0.39, 0.29) is 24.4 Å². The molecule has 1 aromatic heterocycles. The first-order valence-electron chi connectivity index (χ1n) is 6.45. The first kappa shape index (κ1) is 18.2. The van der Waals surface area contributed by atoms with Crippen LogP contribution in [0.25, 0.3) is 0 Å². The highest BCUT2D eigenvalue weighted by atomic mass is 79.9. The van der Waals surface area contributed by atoms with E-state index in [2.05, 4.69) is 21.2 Å². The van der Waals surface area contributed by atoms with Gasteiger partial charge in [0.1, 0.15) is 0 Å². The number of benzene rings is 1. The Hall–Kier alpha value is -0.880. The quantitative estimate of drug-likeness (QED) is 0.792. The Bertz CT molecular complexity index is 562. The van der Waals surface area contributed by atoms with E-state index < -0.39 is 0 Å². The van der Waals surface area contributed by atoms with Gasteiger partial charge in [-0.2, -0.15) is 0 Å². The molecule has 0 radical (unpaired) electrons. The maximum atomic E-state index is 11.8. The van der Waals surface area contributed by atoms with Gasteiger partial charge in [0.2, 0.25) is 5.91 Å². The van der Waals surface area contributed by atoms with Gasteiger partial charge in [-0.1, -0.05) is 30.3 Å². The van der Waals surface area contributed by atoms with Crippen LogP contribution in [-0.4, -0.2) is 12.5 Å². The molecule has 0 bridgehead atoms. The van der Waals surface area contributed by atoms with Crippen molar-refractivity contribution in [1.29, 1.82) is 0 Å². The minimum Gasteiger partial charge on any atom is -0.354 e. The lowest BCUT2D eigenvalue weighted by atomic mass is 10.1. The number of thiophene rings is 1. The lowest BCUT2D eigenvalue weighted by molar-refractivity contribution is -0.121. The normalized spacial score (nSPS) is 11.5. The van der Waals surface area contributed by atoms with Crippen molar-refractivity contribution in [3.05, 3.63) is 56.7 Å². The molecule has 0 aliphatic rings. The average Bonchev–Trinajstić information content (AvgIpc) is 2.89. The summed E-state index contributed by atoms with van der Waals surface area (Å²) < 4.78 is 1.07. The molecular weight excluding hydrogens is 372 g/mol. The maximum Gasteiger partial charge on any atom is 0.220 e. The van der Waals surface area contributed by atoms with Crippen LogP contribution in [0.2, 0.25) is 0 Å². The fraction of sp³-hybridized carbons (Fsp3) is 0.267. The van der Waals surface area contributed by atoms with E-state index in [1.807, 2.05) is 41.8 Å². The van der Waals surface area contributed by atoms with E-state index in [4.69, 9.17) is 5.73 Å². The van der Waals surface area contributed by atoms with Gasteiger partial charge in [0.25, 0.3) is 0 Å². The SMILES string of the molecule is Cl.NC(CNC(=O)CCc1cc(Br)cs1)c1ccccc1. The van der Waals surface area contributed by atoms with Crippen LogP contribution in [0.5, 0.6) is 0 Å². The number of amides is 1. The van der Waals surface area contributed by atoms with E-state index >= 15 is 0 Å². The maximum absolute atomic E-state index is 11.8. The molecule has 3 nitrogen and oxygen atoms in total. The number of aryl methyl sites for hydroxylation is 1. The van der Waals surface area contributed by atoms with Gasteiger partial charge in [-0.3, -0.25) is 4.79 Å². The van der Waals surface area contributed by atoms with Gasteiger partial charge in [0.15, 0.2) is 0 Å². The van der Waals surface area contributed by atoms with Crippen molar-refractivity contribution in [3.63, 3.8) is 0 Å². The largest absolute Gasteiger partial charge is 0.354 e. The number of carbonyl (C=O) groups is 1. The predicted octanol–water partition coefficient (Wildman–Crippen LogP) is 3.68. The summed E-state index contributed by atoms with van der Waals surface area (Å²) in [7, 11) is 0. The Kier molecular flexibility index (Phi) is 7.96. The van der Waals surface area contributed by atoms with Gasteiger partial charge < -0.3 is 11.1 Å². The molecule has 1 heterocycles. The Morgan fingerprint density at radius 2 is 2.05 bits per heavy atom. The summed E-state index contributed by atoms with van der Waals surface area (Å²) in [4.78, 5) is 13.0. The van der Waals surface area contributed by atoms with E-state index in [1.165, 1.54) is 4.88 Å². The van der Waals surface area contributed by atoms with E-state index in [0.717, 1.165) is 16.5 Å². The molecule has 0 aliphatic heterocycles. The third kappa shape index (κ3) is 6.18. The summed E-state index contributed by atoms with van der Waals surface area (Å²) >= 11 is 5.07. The second-order valence-corrected chi connectivity index (χ2v) is 6.46. The molecule has 21 heavy (non-hydrogen) atoms. The Morgan fingerprint density at radius 3 is 2.67 bits per heavy atom. The molecule has 0 fully saturated rings. The molecule has 1 amide bonds. The van der Waals surface area contributed by atoms with Crippen LogP contribution in [0, 0.1) is 0 Å². The predicted molar refractivity (Wildman–Crippen MR) is 94.0 cm³/mol. The first-order valence-corrected chi connectivity index (χ1v) is 8.12. The standard InChI is InChI=1S/C15H17BrN2OS.ClH/c16-12-8-13(20-10-12)6-7-15(19)18-9-14(17)11-4-2-1-3-5-11;/h1-5,8,10,14H,6-7,9,17H2,(H,18,19);1H. The number of nitrogens with two attached hydrogens (primary N) is 1. The van der Waals surface area contributed by atoms with Crippen molar-refractivity contribution in [2.24, 2.45) is 5.73 Å². The number of carbonyl (C=O) groups excluding carboxylic acids is 1. The molecule has 0 aliphatic carbocycles. The summed E-state index contributed by atoms with van der Waals surface area (Å²) in [5, 5.41) is 4.91. The van der Waals surface area contributed by atoms with Gasteiger partial charge in [-0.05, 0) is 34.0 Å². The third-order valence-electron chi connectivity index (χ3n) is 2.97. The second-order valence-electron chi connectivity index (χ2n) is 4.55. The zero-order valence-corrected chi connectivity index (χ0v) is 14.6. The van der Waals surface area contributed by atoms with E-state index in [0.29, 0.717) is 13.0 Å². The zero-order chi connectivity index (χ0) is 14.4. The lowest BCUT2D eigenvalue weighted by Crippen LogP contribution is -2.31. The third-order valence-corrected chi connectivity index (χ3v) is 4.72. The van der Waals surface area contributed by atoms with Crippen molar-refractivity contribution in [1.82, 2.24) is 5.32 Å². The molecule has 1 aromatic carbocycles. The van der Waals surface area contributed by atoms with Crippen LogP contribution < -0.4 is 11.1 Å². The Morgan fingerprint density at radius 1 is 1.33 bits per heavy atom. The van der Waals surface area contributed by atoms with Crippen molar-refractivity contribution in [2.45, 2.75) is 18.9 Å². The molecule has 0 saturated carbocycles. The fourth-order valence-corrected chi connectivity index (χ4v) is 3.31. The first-order chi connectivity index (χ1) is 9.65. The monoisotopic (exact) mass is 388 g/mol. The number of nitrogens with one attached hydrogen (secondary N) is 1. The molecule has 6 heteroatoms. The Labute approximate surface area is 143 Å². The van der Waals surface area contributed by atoms with Crippen molar-refractivity contribution in [2.75, 3.05) is 6.54 Å². The minimum absolute atomic E-state index is 0. The second kappa shape index (κ2) is 9.20. The van der Waals surface area contributed by atoms with Gasteiger partial charge in [0.05, 0.1) is 0 Å². The highest BCUT2D eigenvalue weighted by molar-refractivity contribution is 9.10. The highest BCUT2D eigenvalue weighted by Crippen LogP contribution is 2.20. The van der Waals surface area contributed by atoms with Crippen LogP contribution >= 0.6 is 39.7 Å². The number of rotatable bonds is 6. The van der Waals surface area contributed by atoms with Crippen LogP contribution in [0.1, 0.15) is 22.9 Å². The van der Waals surface area contributed by atoms with Gasteiger partial charge in [0, 0.05) is 33.7 Å². The summed E-state index contributed by atoms with van der Waals surface area (Å²) in [5.74, 6) is 0.0425. The van der Waals surface area contributed by atoms with E-state index in [9.17, 15) is 4.79 Å². The number of hydrogen-bond acceptors (Lipinski definition) is 3. The number of hydrogen-bond donors (Lipinski definition) is 2. The van der Waals surface area contributed by atoms with Gasteiger partial charge >= 0.3 is 0 Å². The zero-order valence-electron chi connectivity index (χ0n) is 11.4. The molecule has 2 aromatic rings. The summed E-state index contributed by atoms with van der Waals surface area (Å²) in [6.45, 7) is 0.469. The number of halogens is 2. The van der Waals surface area contributed by atoms with Crippen LogP contribution in [0.4, 0.5) is 0 Å². The van der Waals surface area contributed by atoms with Gasteiger partial charge in [-0.25, -0.2) is 0 Å². The molecule has 2 rings (SSSR count). The lowest BCUT2D eigenvalue weighted by Gasteiger charge is -2.13. The molecule has 1 unspecified atom stereocenters. The van der Waals surface area contributed by atoms with Gasteiger partial charge in [-0.15, -0.1) is 23.7 Å². The minimum atomic E-state index is -0.156.